The lowest BCUT2D eigenvalue weighted by molar-refractivity contribution is 0.284. The van der Waals surface area contributed by atoms with Crippen LogP contribution in [-0.4, -0.2) is 13.5 Å². The predicted octanol–water partition coefficient (Wildman–Crippen LogP) is 7.16. The number of halogens is 1. The van der Waals surface area contributed by atoms with Crippen molar-refractivity contribution in [3.63, 3.8) is 0 Å². The number of aromatic hydroxyl groups is 1. The van der Waals surface area contributed by atoms with Gasteiger partial charge in [-0.05, 0) is 47.1 Å². The van der Waals surface area contributed by atoms with Crippen LogP contribution in [0.3, 0.4) is 0 Å². The van der Waals surface area contributed by atoms with Crippen LogP contribution in [0.25, 0.3) is 15.7 Å². The topological polar surface area (TPSA) is 91.8 Å². The van der Waals surface area contributed by atoms with E-state index in [1.165, 1.54) is 18.2 Å². The highest BCUT2D eigenvalue weighted by atomic mass is 35.5. The highest BCUT2D eigenvalue weighted by Gasteiger charge is 2.30. The molecule has 0 aliphatic heterocycles. The summed E-state index contributed by atoms with van der Waals surface area (Å²) in [5.74, 6) is -0.229. The van der Waals surface area contributed by atoms with Crippen LogP contribution in [0.1, 0.15) is 46.6 Å². The summed E-state index contributed by atoms with van der Waals surface area (Å²) in [5.41, 5.74) is 0.810. The van der Waals surface area contributed by atoms with Gasteiger partial charge in [0.2, 0.25) is 11.1 Å². The maximum Gasteiger partial charge on any atom is 0.428 e. The number of fused-ring (bicyclic) bond motifs is 1. The smallest absolute Gasteiger partial charge is 0.428 e. The van der Waals surface area contributed by atoms with E-state index in [2.05, 4.69) is 39.6 Å². The molecule has 168 valence electrons. The first kappa shape index (κ1) is 23.8. The zero-order valence-electron chi connectivity index (χ0n) is 18.7. The van der Waals surface area contributed by atoms with E-state index in [0.717, 1.165) is 18.1 Å². The Bertz CT molecular complexity index is 1320. The van der Waals surface area contributed by atoms with E-state index in [-0.39, 0.29) is 43.7 Å². The van der Waals surface area contributed by atoms with Crippen LogP contribution in [0.15, 0.2) is 53.4 Å². The molecular weight excluding hydrogens is 448 g/mol. The molecule has 1 N–H and O–H groups in total. The van der Waals surface area contributed by atoms with Crippen LogP contribution < -0.4 is 4.18 Å². The van der Waals surface area contributed by atoms with E-state index in [1.54, 1.807) is 12.1 Å². The average molecular weight is 474 g/mol. The molecule has 0 bridgehead atoms. The number of benzene rings is 3. The molecule has 3 rings (SSSR count). The van der Waals surface area contributed by atoms with Crippen LogP contribution >= 0.6 is 11.6 Å². The van der Waals surface area contributed by atoms with E-state index in [1.807, 2.05) is 12.1 Å². The largest absolute Gasteiger partial charge is 0.501 e. The Morgan fingerprint density at radius 2 is 1.62 bits per heavy atom. The zero-order valence-corrected chi connectivity index (χ0v) is 20.3. The molecule has 0 aromatic heterocycles. The molecule has 0 aliphatic rings. The van der Waals surface area contributed by atoms with Gasteiger partial charge in [0, 0.05) is 15.8 Å². The molecule has 0 saturated heterocycles. The Labute approximate surface area is 193 Å². The molecule has 0 atom stereocenters. The standard InChI is InChI=1S/C24H25ClN2O4S/c1-23(2,3)14-24(4,5)15-6-9-17(10-7-15)31-32(29,30)21-13-20(27-26)22(28)19-12-16(25)8-11-18(19)21/h6-13H,14H2,1-5H3/p+1. The molecular formula is C24H26ClN2O4S+. The van der Waals surface area contributed by atoms with E-state index in [4.69, 9.17) is 15.8 Å². The number of nitrogens with zero attached hydrogens (tertiary/aromatic N) is 2. The minimum Gasteiger partial charge on any atom is -0.501 e. The van der Waals surface area contributed by atoms with Crippen molar-refractivity contribution in [2.45, 2.75) is 51.3 Å². The Morgan fingerprint density at radius 3 is 2.19 bits per heavy atom. The van der Waals surface area contributed by atoms with Gasteiger partial charge in [0.25, 0.3) is 0 Å². The number of phenolic OH excluding ortho intramolecular Hbond substituents is 1. The van der Waals surface area contributed by atoms with Gasteiger partial charge >= 0.3 is 15.8 Å². The predicted molar refractivity (Wildman–Crippen MR) is 127 cm³/mol. The highest BCUT2D eigenvalue weighted by molar-refractivity contribution is 7.87. The lowest BCUT2D eigenvalue weighted by Crippen LogP contribution is -2.24. The van der Waals surface area contributed by atoms with Crippen LogP contribution in [0.5, 0.6) is 11.5 Å². The summed E-state index contributed by atoms with van der Waals surface area (Å²) in [6.07, 6.45) is 0.952. The van der Waals surface area contributed by atoms with Crippen molar-refractivity contribution < 1.29 is 17.7 Å². The Morgan fingerprint density at radius 1 is 1.00 bits per heavy atom. The lowest BCUT2D eigenvalue weighted by Gasteiger charge is -2.33. The van der Waals surface area contributed by atoms with Crippen molar-refractivity contribution in [2.24, 2.45) is 5.41 Å². The van der Waals surface area contributed by atoms with Gasteiger partial charge in [0.1, 0.15) is 10.6 Å². The lowest BCUT2D eigenvalue weighted by atomic mass is 9.72. The van der Waals surface area contributed by atoms with Crippen LogP contribution in [0.2, 0.25) is 5.02 Å². The number of hydrogen-bond acceptors (Lipinski definition) is 5. The molecule has 3 aromatic carbocycles. The summed E-state index contributed by atoms with van der Waals surface area (Å²) in [6, 6.07) is 12.4. The van der Waals surface area contributed by atoms with E-state index in [0.29, 0.717) is 5.02 Å². The second-order valence-electron chi connectivity index (χ2n) is 9.72. The molecule has 3 aromatic rings. The molecule has 32 heavy (non-hydrogen) atoms. The van der Waals surface area contributed by atoms with Crippen molar-refractivity contribution in [2.75, 3.05) is 0 Å². The molecule has 0 aliphatic carbocycles. The molecule has 0 amide bonds. The number of diazo groups is 1. The zero-order chi connectivity index (χ0) is 23.9. The summed E-state index contributed by atoms with van der Waals surface area (Å²) in [4.78, 5) is 2.74. The first-order chi connectivity index (χ1) is 14.7. The van der Waals surface area contributed by atoms with Gasteiger partial charge in [-0.1, -0.05) is 64.4 Å². The molecule has 0 spiro atoms. The second kappa shape index (κ2) is 8.27. The van der Waals surface area contributed by atoms with Gasteiger partial charge < -0.3 is 9.29 Å². The third-order valence-electron chi connectivity index (χ3n) is 5.20. The number of rotatable bonds is 5. The third-order valence-corrected chi connectivity index (χ3v) is 6.73. The maximum absolute atomic E-state index is 13.1. The summed E-state index contributed by atoms with van der Waals surface area (Å²) < 4.78 is 31.5. The second-order valence-corrected chi connectivity index (χ2v) is 11.7. The maximum atomic E-state index is 13.1. The fraction of sp³-hybridized carbons (Fsp3) is 0.333. The first-order valence-electron chi connectivity index (χ1n) is 10.1. The third kappa shape index (κ3) is 4.98. The van der Waals surface area contributed by atoms with E-state index >= 15 is 0 Å². The molecule has 0 saturated carbocycles. The fourth-order valence-electron chi connectivity index (χ4n) is 4.18. The molecule has 0 unspecified atom stereocenters. The van der Waals surface area contributed by atoms with Gasteiger partial charge in [0.05, 0.1) is 6.07 Å². The van der Waals surface area contributed by atoms with E-state index < -0.39 is 10.1 Å². The van der Waals surface area contributed by atoms with Crippen molar-refractivity contribution in [3.05, 3.63) is 64.1 Å². The van der Waals surface area contributed by atoms with Crippen molar-refractivity contribution >= 4 is 38.2 Å². The number of phenols is 1. The van der Waals surface area contributed by atoms with Gasteiger partial charge in [-0.15, -0.1) is 0 Å². The minimum atomic E-state index is -4.30. The molecule has 8 heteroatoms. The number of hydrogen-bond donors (Lipinski definition) is 1. The Balaban J connectivity index is 2.00. The molecule has 0 radical (unpaired) electrons. The van der Waals surface area contributed by atoms with Crippen molar-refractivity contribution in [1.82, 2.24) is 0 Å². The normalized spacial score (nSPS) is 12.5. The Kier molecular flexibility index (Phi) is 6.16. The molecule has 0 heterocycles. The first-order valence-corrected chi connectivity index (χ1v) is 11.9. The summed E-state index contributed by atoms with van der Waals surface area (Å²) in [5, 5.41) is 20.1. The van der Waals surface area contributed by atoms with E-state index in [9.17, 15) is 18.9 Å². The van der Waals surface area contributed by atoms with Gasteiger partial charge in [0.15, 0.2) is 4.98 Å². The van der Waals surface area contributed by atoms with Crippen LogP contribution in [-0.2, 0) is 15.5 Å². The van der Waals surface area contributed by atoms with Gasteiger partial charge in [-0.3, -0.25) is 0 Å². The van der Waals surface area contributed by atoms with Crippen LogP contribution in [0.4, 0.5) is 5.69 Å². The quantitative estimate of drug-likeness (QED) is 0.313. The SMILES string of the molecule is CC(C)(C)CC(C)(C)c1ccc(OS(=O)(=O)c2cc([N+]#N)c(O)c3cc(Cl)ccc23)cc1. The molecule has 6 nitrogen and oxygen atoms in total. The summed E-state index contributed by atoms with van der Waals surface area (Å²) >= 11 is 5.99. The van der Waals surface area contributed by atoms with Crippen molar-refractivity contribution in [1.29, 1.82) is 5.39 Å². The van der Waals surface area contributed by atoms with Crippen molar-refractivity contribution in [3.8, 4) is 11.5 Å². The minimum absolute atomic E-state index is 0.0976. The fourth-order valence-corrected chi connectivity index (χ4v) is 5.51. The Hall–Kier alpha value is -2.82. The monoisotopic (exact) mass is 473 g/mol. The highest BCUT2D eigenvalue weighted by Crippen LogP contribution is 2.41. The summed E-state index contributed by atoms with van der Waals surface area (Å²) in [7, 11) is -4.30. The van der Waals surface area contributed by atoms with Gasteiger partial charge in [-0.25, -0.2) is 0 Å². The van der Waals surface area contributed by atoms with Gasteiger partial charge in [-0.2, -0.15) is 8.42 Å². The van der Waals surface area contributed by atoms with Crippen LogP contribution in [0, 0.1) is 10.8 Å². The summed E-state index contributed by atoms with van der Waals surface area (Å²) in [6.45, 7) is 10.8. The average Bonchev–Trinajstić information content (AvgIpc) is 2.67. The molecule has 0 fully saturated rings.